The highest BCUT2D eigenvalue weighted by molar-refractivity contribution is 7.13. The van der Waals surface area contributed by atoms with Crippen molar-refractivity contribution in [3.05, 3.63) is 34.9 Å². The molecule has 0 aliphatic carbocycles. The number of hydrogen-bond acceptors (Lipinski definition) is 7. The maximum atomic E-state index is 12.0. The van der Waals surface area contributed by atoms with Crippen LogP contribution in [-0.2, 0) is 17.8 Å². The van der Waals surface area contributed by atoms with Crippen LogP contribution in [0.15, 0.2) is 33.7 Å². The molecule has 3 aliphatic rings. The number of nitrogens with zero attached hydrogens (tertiary/aromatic N) is 4. The quantitative estimate of drug-likeness (QED) is 0.552. The SMILES string of the molecule is O=C1CCCN1C1CCN(Cc2cc3cc(Oc4nc5c(s4)CCC=N5)ccc3o2)CC1. The number of likely N-dealkylation sites (tertiary alicyclic amines) is 2. The minimum Gasteiger partial charge on any atom is -0.460 e. The van der Waals surface area contributed by atoms with E-state index in [9.17, 15) is 4.79 Å². The molecule has 166 valence electrons. The highest BCUT2D eigenvalue weighted by Gasteiger charge is 2.30. The summed E-state index contributed by atoms with van der Waals surface area (Å²) in [7, 11) is 0. The summed E-state index contributed by atoms with van der Waals surface area (Å²) in [6.07, 6.45) is 7.70. The standard InChI is InChI=1S/C24H26N4O3S/c29-22-4-2-10-28(22)17-7-11-27(12-8-17)15-19-14-16-13-18(5-6-20(16)30-19)31-24-26-23-21(32-24)3-1-9-25-23/h5-6,9,13-14,17H,1-4,7-8,10-12,15H2. The van der Waals surface area contributed by atoms with Gasteiger partial charge in [0, 0.05) is 43.7 Å². The van der Waals surface area contributed by atoms with Gasteiger partial charge in [-0.05, 0) is 56.4 Å². The van der Waals surface area contributed by atoms with Gasteiger partial charge in [0.05, 0.1) is 11.4 Å². The van der Waals surface area contributed by atoms with Crippen molar-refractivity contribution in [3.63, 3.8) is 0 Å². The van der Waals surface area contributed by atoms with Crippen molar-refractivity contribution in [1.29, 1.82) is 0 Å². The van der Waals surface area contributed by atoms with Gasteiger partial charge in [-0.3, -0.25) is 9.69 Å². The van der Waals surface area contributed by atoms with Crippen LogP contribution in [-0.4, -0.2) is 52.6 Å². The van der Waals surface area contributed by atoms with Crippen LogP contribution in [0.3, 0.4) is 0 Å². The van der Waals surface area contributed by atoms with E-state index in [1.807, 2.05) is 24.4 Å². The number of thiazole rings is 1. The first-order valence-corrected chi connectivity index (χ1v) is 12.3. The van der Waals surface area contributed by atoms with Crippen molar-refractivity contribution in [1.82, 2.24) is 14.8 Å². The summed E-state index contributed by atoms with van der Waals surface area (Å²) < 4.78 is 12.1. The third-order valence-corrected chi connectivity index (χ3v) is 7.58. The number of rotatable bonds is 5. The number of piperidine rings is 1. The summed E-state index contributed by atoms with van der Waals surface area (Å²) in [5.74, 6) is 2.85. The zero-order valence-electron chi connectivity index (χ0n) is 18.0. The molecule has 1 amide bonds. The van der Waals surface area contributed by atoms with E-state index in [1.165, 1.54) is 4.88 Å². The Labute approximate surface area is 190 Å². The molecule has 0 atom stereocenters. The van der Waals surface area contributed by atoms with Crippen LogP contribution in [0.1, 0.15) is 42.7 Å². The van der Waals surface area contributed by atoms with Gasteiger partial charge in [0.15, 0.2) is 5.82 Å². The van der Waals surface area contributed by atoms with E-state index in [1.54, 1.807) is 11.3 Å². The average Bonchev–Trinajstić information content (AvgIpc) is 3.51. The van der Waals surface area contributed by atoms with Crippen LogP contribution in [0, 0.1) is 0 Å². The maximum Gasteiger partial charge on any atom is 0.281 e. The molecule has 3 aromatic rings. The molecule has 7 nitrogen and oxygen atoms in total. The van der Waals surface area contributed by atoms with Crippen LogP contribution in [0.25, 0.3) is 11.0 Å². The Morgan fingerprint density at radius 1 is 1.16 bits per heavy atom. The maximum absolute atomic E-state index is 12.0. The van der Waals surface area contributed by atoms with Crippen LogP contribution in [0.4, 0.5) is 5.82 Å². The summed E-state index contributed by atoms with van der Waals surface area (Å²) in [6.45, 7) is 3.73. The van der Waals surface area contributed by atoms with Gasteiger partial charge >= 0.3 is 0 Å². The molecule has 0 bridgehead atoms. The molecular formula is C24H26N4O3S. The van der Waals surface area contributed by atoms with E-state index in [2.05, 4.69) is 25.8 Å². The van der Waals surface area contributed by atoms with Gasteiger partial charge in [-0.15, -0.1) is 0 Å². The number of furan rings is 1. The monoisotopic (exact) mass is 450 g/mol. The smallest absolute Gasteiger partial charge is 0.281 e. The Kier molecular flexibility index (Phi) is 5.19. The molecule has 32 heavy (non-hydrogen) atoms. The Morgan fingerprint density at radius 3 is 2.88 bits per heavy atom. The lowest BCUT2D eigenvalue weighted by atomic mass is 10.0. The van der Waals surface area contributed by atoms with E-state index in [0.717, 1.165) is 93.0 Å². The van der Waals surface area contributed by atoms with E-state index in [-0.39, 0.29) is 0 Å². The second kappa shape index (κ2) is 8.33. The molecule has 0 spiro atoms. The summed E-state index contributed by atoms with van der Waals surface area (Å²) >= 11 is 1.57. The predicted molar refractivity (Wildman–Crippen MR) is 124 cm³/mol. The highest BCUT2D eigenvalue weighted by Crippen LogP contribution is 2.37. The first-order valence-electron chi connectivity index (χ1n) is 11.5. The van der Waals surface area contributed by atoms with Crippen molar-refractivity contribution >= 4 is 40.2 Å². The number of fused-ring (bicyclic) bond motifs is 2. The Bertz CT molecular complexity index is 1180. The summed E-state index contributed by atoms with van der Waals surface area (Å²) in [6, 6.07) is 8.43. The zero-order chi connectivity index (χ0) is 21.5. The lowest BCUT2D eigenvalue weighted by Crippen LogP contribution is -2.45. The van der Waals surface area contributed by atoms with Gasteiger partial charge in [-0.25, -0.2) is 4.99 Å². The average molecular weight is 451 g/mol. The number of benzene rings is 1. The second-order valence-corrected chi connectivity index (χ2v) is 9.84. The van der Waals surface area contributed by atoms with Gasteiger partial charge in [0.25, 0.3) is 5.19 Å². The highest BCUT2D eigenvalue weighted by atomic mass is 32.1. The minimum absolute atomic E-state index is 0.337. The fourth-order valence-corrected chi connectivity index (χ4v) is 5.85. The first kappa shape index (κ1) is 19.9. The Morgan fingerprint density at radius 2 is 2.06 bits per heavy atom. The van der Waals surface area contributed by atoms with E-state index in [0.29, 0.717) is 17.1 Å². The number of carbonyl (C=O) groups is 1. The van der Waals surface area contributed by atoms with Crippen LogP contribution >= 0.6 is 11.3 Å². The largest absolute Gasteiger partial charge is 0.460 e. The lowest BCUT2D eigenvalue weighted by Gasteiger charge is -2.36. The summed E-state index contributed by atoms with van der Waals surface area (Å²) in [5, 5.41) is 1.67. The second-order valence-electron chi connectivity index (χ2n) is 8.79. The summed E-state index contributed by atoms with van der Waals surface area (Å²) in [5.41, 5.74) is 0.868. The van der Waals surface area contributed by atoms with E-state index < -0.39 is 0 Å². The molecule has 0 radical (unpaired) electrons. The molecule has 2 saturated heterocycles. The fourth-order valence-electron chi connectivity index (χ4n) is 4.96. The predicted octanol–water partition coefficient (Wildman–Crippen LogP) is 4.92. The number of carbonyl (C=O) groups excluding carboxylic acids is 1. The van der Waals surface area contributed by atoms with Gasteiger partial charge in [0.2, 0.25) is 5.91 Å². The first-order chi connectivity index (χ1) is 15.7. The molecule has 5 heterocycles. The molecule has 6 rings (SSSR count). The molecule has 0 N–H and O–H groups in total. The van der Waals surface area contributed by atoms with E-state index >= 15 is 0 Å². The van der Waals surface area contributed by atoms with Crippen LogP contribution in [0.2, 0.25) is 0 Å². The minimum atomic E-state index is 0.337. The number of aromatic nitrogens is 1. The number of amides is 1. The zero-order valence-corrected chi connectivity index (χ0v) is 18.8. The molecular weight excluding hydrogens is 424 g/mol. The molecule has 2 fully saturated rings. The summed E-state index contributed by atoms with van der Waals surface area (Å²) in [4.78, 5) is 26.6. The Hall–Kier alpha value is -2.71. The molecule has 3 aliphatic heterocycles. The number of aryl methyl sites for hydroxylation is 1. The van der Waals surface area contributed by atoms with Crippen molar-refractivity contribution in [3.8, 4) is 10.9 Å². The molecule has 1 aromatic carbocycles. The lowest BCUT2D eigenvalue weighted by molar-refractivity contribution is -0.130. The topological polar surface area (TPSA) is 71.2 Å². The van der Waals surface area contributed by atoms with Gasteiger partial charge < -0.3 is 14.1 Å². The van der Waals surface area contributed by atoms with Crippen molar-refractivity contribution < 1.29 is 13.9 Å². The van der Waals surface area contributed by atoms with Gasteiger partial charge in [-0.1, -0.05) is 11.3 Å². The van der Waals surface area contributed by atoms with Gasteiger partial charge in [-0.2, -0.15) is 4.98 Å². The molecule has 0 unspecified atom stereocenters. The third-order valence-electron chi connectivity index (χ3n) is 6.60. The van der Waals surface area contributed by atoms with E-state index in [4.69, 9.17) is 9.15 Å². The van der Waals surface area contributed by atoms with Crippen LogP contribution in [0.5, 0.6) is 10.9 Å². The van der Waals surface area contributed by atoms with Gasteiger partial charge in [0.1, 0.15) is 17.1 Å². The van der Waals surface area contributed by atoms with Crippen molar-refractivity contribution in [2.45, 2.75) is 51.1 Å². The molecule has 8 heteroatoms. The van der Waals surface area contributed by atoms with Crippen molar-refractivity contribution in [2.24, 2.45) is 4.99 Å². The number of aliphatic imine (C=N–C) groups is 1. The number of ether oxygens (including phenoxy) is 1. The Balaban J connectivity index is 1.10. The number of hydrogen-bond donors (Lipinski definition) is 0. The molecule has 2 aromatic heterocycles. The normalized spacial score (nSPS) is 19.8. The molecule has 0 saturated carbocycles. The van der Waals surface area contributed by atoms with Crippen LogP contribution < -0.4 is 4.74 Å². The fraction of sp³-hybridized carbons (Fsp3) is 0.458. The third kappa shape index (κ3) is 3.93. The van der Waals surface area contributed by atoms with Crippen molar-refractivity contribution in [2.75, 3.05) is 19.6 Å².